The molecule has 2 atom stereocenters. The first-order valence-corrected chi connectivity index (χ1v) is 12.9. The molecule has 1 fully saturated rings. The van der Waals surface area contributed by atoms with Crippen LogP contribution in [0.2, 0.25) is 0 Å². The van der Waals surface area contributed by atoms with E-state index in [4.69, 9.17) is 5.73 Å². The topological polar surface area (TPSA) is 163 Å². The van der Waals surface area contributed by atoms with Crippen molar-refractivity contribution in [2.75, 3.05) is 11.9 Å². The normalized spacial score (nSPS) is 15.6. The van der Waals surface area contributed by atoms with Crippen LogP contribution in [0.25, 0.3) is 0 Å². The Labute approximate surface area is 214 Å². The van der Waals surface area contributed by atoms with Gasteiger partial charge in [-0.1, -0.05) is 18.6 Å². The average molecular weight is 516 g/mol. The van der Waals surface area contributed by atoms with Crippen molar-refractivity contribution in [3.63, 3.8) is 0 Å². The number of aliphatic hydroxyl groups excluding tert-OH is 1. The summed E-state index contributed by atoms with van der Waals surface area (Å²) in [7, 11) is 0. The maximum Gasteiger partial charge on any atom is 0.312 e. The summed E-state index contributed by atoms with van der Waals surface area (Å²) in [5.41, 5.74) is 6.05. The lowest BCUT2D eigenvalue weighted by Gasteiger charge is -2.40. The van der Waals surface area contributed by atoms with E-state index >= 15 is 0 Å². The zero-order valence-corrected chi connectivity index (χ0v) is 21.0. The number of rotatable bonds is 12. The molecule has 1 unspecified atom stereocenters. The van der Waals surface area contributed by atoms with Gasteiger partial charge in [-0.2, -0.15) is 11.3 Å². The van der Waals surface area contributed by atoms with Crippen LogP contribution in [-0.4, -0.2) is 41.4 Å². The molecule has 3 rings (SSSR count). The molecule has 0 spiro atoms. The maximum absolute atomic E-state index is 13.4. The van der Waals surface area contributed by atoms with Crippen LogP contribution in [-0.2, 0) is 21.0 Å². The van der Waals surface area contributed by atoms with E-state index in [-0.39, 0.29) is 31.5 Å². The van der Waals surface area contributed by atoms with Crippen molar-refractivity contribution in [1.29, 1.82) is 0 Å². The number of hydrogen-bond donors (Lipinski definition) is 6. The van der Waals surface area contributed by atoms with Gasteiger partial charge in [0.05, 0.1) is 12.6 Å². The van der Waals surface area contributed by atoms with Crippen molar-refractivity contribution < 1.29 is 24.3 Å². The first-order valence-electron chi connectivity index (χ1n) is 11.9. The summed E-state index contributed by atoms with van der Waals surface area (Å²) in [5, 5.41) is 24.1. The molecule has 11 heteroatoms. The zero-order valence-electron chi connectivity index (χ0n) is 20.2. The van der Waals surface area contributed by atoms with E-state index < -0.39 is 29.3 Å². The van der Waals surface area contributed by atoms with Gasteiger partial charge >= 0.3 is 6.03 Å². The Morgan fingerprint density at radius 1 is 1.08 bits per heavy atom. The highest BCUT2D eigenvalue weighted by atomic mass is 32.1. The highest BCUT2D eigenvalue weighted by Gasteiger charge is 2.51. The van der Waals surface area contributed by atoms with E-state index in [1.54, 1.807) is 24.3 Å². The number of nitrogens with one attached hydrogen (secondary N) is 4. The van der Waals surface area contributed by atoms with Crippen LogP contribution in [0.1, 0.15) is 56.2 Å². The van der Waals surface area contributed by atoms with Gasteiger partial charge in [0.15, 0.2) is 0 Å². The average Bonchev–Trinajstić information content (AvgIpc) is 3.36. The van der Waals surface area contributed by atoms with Gasteiger partial charge in [-0.3, -0.25) is 14.4 Å². The third-order valence-electron chi connectivity index (χ3n) is 6.46. The lowest BCUT2D eigenvalue weighted by atomic mass is 9.67. The summed E-state index contributed by atoms with van der Waals surface area (Å²) in [6.07, 6.45) is 2.17. The minimum Gasteiger partial charge on any atom is -0.392 e. The molecule has 0 aliphatic heterocycles. The van der Waals surface area contributed by atoms with Crippen LogP contribution in [0.3, 0.4) is 0 Å². The van der Waals surface area contributed by atoms with E-state index in [9.17, 15) is 24.3 Å². The van der Waals surface area contributed by atoms with Gasteiger partial charge in [0.2, 0.25) is 17.7 Å². The van der Waals surface area contributed by atoms with E-state index in [1.165, 1.54) is 11.3 Å². The van der Waals surface area contributed by atoms with Crippen molar-refractivity contribution in [1.82, 2.24) is 16.0 Å². The van der Waals surface area contributed by atoms with E-state index in [2.05, 4.69) is 21.3 Å². The summed E-state index contributed by atoms with van der Waals surface area (Å²) in [6, 6.07) is 6.77. The summed E-state index contributed by atoms with van der Waals surface area (Å²) >= 11 is 1.53. The van der Waals surface area contributed by atoms with Crippen LogP contribution >= 0.6 is 11.3 Å². The molecule has 0 radical (unpaired) electrons. The first kappa shape index (κ1) is 27.2. The van der Waals surface area contributed by atoms with E-state index in [0.717, 1.165) is 12.0 Å². The molecule has 10 nitrogen and oxygen atoms in total. The van der Waals surface area contributed by atoms with E-state index in [1.807, 2.05) is 23.8 Å². The highest BCUT2D eigenvalue weighted by molar-refractivity contribution is 7.08. The van der Waals surface area contributed by atoms with E-state index in [0.29, 0.717) is 30.5 Å². The Hall–Kier alpha value is -3.44. The predicted octanol–water partition coefficient (Wildman–Crippen LogP) is 2.16. The number of carbonyl (C=O) groups is 4. The number of carbonyl (C=O) groups excluding carboxylic acids is 4. The zero-order chi connectivity index (χ0) is 26.1. The van der Waals surface area contributed by atoms with Gasteiger partial charge in [0.25, 0.3) is 0 Å². The Kier molecular flexibility index (Phi) is 9.43. The minimum atomic E-state index is -1.23. The fraction of sp³-hybridized carbons (Fsp3) is 0.440. The SMILES string of the molecule is CC(NC(=O)C1(C(=O)N[C@@H](CCCNC(N)=O)C(=O)Nc2ccc(CO)cc2)CCC1)c1ccsc1. The van der Waals surface area contributed by atoms with Crippen molar-refractivity contribution in [2.45, 2.75) is 57.7 Å². The number of aliphatic hydroxyl groups is 1. The number of thiophene rings is 1. The van der Waals surface area contributed by atoms with Crippen molar-refractivity contribution in [3.05, 3.63) is 52.2 Å². The molecule has 1 heterocycles. The molecule has 194 valence electrons. The number of primary amides is 1. The summed E-state index contributed by atoms with van der Waals surface area (Å²) < 4.78 is 0. The van der Waals surface area contributed by atoms with Crippen LogP contribution in [0.15, 0.2) is 41.1 Å². The lowest BCUT2D eigenvalue weighted by Crippen LogP contribution is -2.58. The molecule has 7 N–H and O–H groups in total. The Balaban J connectivity index is 1.69. The number of hydrogen-bond acceptors (Lipinski definition) is 6. The Bertz CT molecular complexity index is 1050. The second-order valence-electron chi connectivity index (χ2n) is 8.99. The largest absolute Gasteiger partial charge is 0.392 e. The number of benzene rings is 1. The second-order valence-corrected chi connectivity index (χ2v) is 9.77. The maximum atomic E-state index is 13.4. The number of urea groups is 1. The molecular formula is C25H33N5O5S. The quantitative estimate of drug-likeness (QED) is 0.188. The molecule has 1 aliphatic carbocycles. The monoisotopic (exact) mass is 515 g/mol. The lowest BCUT2D eigenvalue weighted by molar-refractivity contribution is -0.151. The molecule has 0 bridgehead atoms. The molecular weight excluding hydrogens is 482 g/mol. The fourth-order valence-corrected chi connectivity index (χ4v) is 4.79. The molecule has 36 heavy (non-hydrogen) atoms. The molecule has 0 saturated heterocycles. The molecule has 1 aromatic heterocycles. The first-order chi connectivity index (χ1) is 17.2. The second kappa shape index (κ2) is 12.5. The van der Waals surface area contributed by atoms with Crippen LogP contribution in [0.5, 0.6) is 0 Å². The highest BCUT2D eigenvalue weighted by Crippen LogP contribution is 2.42. The van der Waals surface area contributed by atoms with Crippen LogP contribution in [0.4, 0.5) is 10.5 Å². The number of amides is 5. The van der Waals surface area contributed by atoms with Gasteiger partial charge in [0.1, 0.15) is 11.5 Å². The van der Waals surface area contributed by atoms with Crippen molar-refractivity contribution >= 4 is 40.8 Å². The standard InChI is InChI=1S/C25H33N5O5S/c1-16(18-9-13-36-15-18)28-22(33)25(10-3-11-25)23(34)30-20(4-2-12-27-24(26)35)21(32)29-19-7-5-17(14-31)6-8-19/h5-9,13,15-16,20,31H,2-4,10-12,14H2,1H3,(H,28,33)(H,29,32)(H,30,34)(H3,26,27,35)/t16?,20-/m0/s1. The van der Waals surface area contributed by atoms with Gasteiger partial charge in [-0.05, 0) is 72.7 Å². The fourth-order valence-electron chi connectivity index (χ4n) is 4.03. The molecule has 1 saturated carbocycles. The van der Waals surface area contributed by atoms with Gasteiger partial charge in [-0.25, -0.2) is 4.79 Å². The van der Waals surface area contributed by atoms with Crippen LogP contribution < -0.4 is 27.0 Å². The van der Waals surface area contributed by atoms with Gasteiger partial charge < -0.3 is 32.1 Å². The van der Waals surface area contributed by atoms with Crippen molar-refractivity contribution in [3.8, 4) is 0 Å². The third kappa shape index (κ3) is 6.82. The molecule has 1 aromatic carbocycles. The van der Waals surface area contributed by atoms with Crippen LogP contribution in [0, 0.1) is 5.41 Å². The summed E-state index contributed by atoms with van der Waals surface area (Å²) in [6.45, 7) is 1.99. The Morgan fingerprint density at radius 2 is 1.78 bits per heavy atom. The molecule has 1 aliphatic rings. The smallest absolute Gasteiger partial charge is 0.312 e. The minimum absolute atomic E-state index is 0.116. The van der Waals surface area contributed by atoms with Gasteiger partial charge in [-0.15, -0.1) is 0 Å². The summed E-state index contributed by atoms with van der Waals surface area (Å²) in [4.78, 5) is 50.6. The number of nitrogens with two attached hydrogens (primary N) is 1. The molecule has 2 aromatic rings. The van der Waals surface area contributed by atoms with Crippen molar-refractivity contribution in [2.24, 2.45) is 11.1 Å². The number of anilines is 1. The Morgan fingerprint density at radius 3 is 2.33 bits per heavy atom. The van der Waals surface area contributed by atoms with Gasteiger partial charge in [0, 0.05) is 12.2 Å². The third-order valence-corrected chi connectivity index (χ3v) is 7.16. The summed E-state index contributed by atoms with van der Waals surface area (Å²) in [5.74, 6) is -1.28. The molecule has 5 amide bonds. The predicted molar refractivity (Wildman–Crippen MR) is 137 cm³/mol.